The van der Waals surface area contributed by atoms with Gasteiger partial charge in [0.2, 0.25) is 0 Å². The highest BCUT2D eigenvalue weighted by Crippen LogP contribution is 2.43. The summed E-state index contributed by atoms with van der Waals surface area (Å²) in [4.78, 5) is 0. The molecule has 10 heteroatoms. The van der Waals surface area contributed by atoms with Crippen LogP contribution >= 0.6 is 0 Å². The molecule has 29 heavy (non-hydrogen) atoms. The van der Waals surface area contributed by atoms with Gasteiger partial charge in [0, 0.05) is 47.8 Å². The van der Waals surface area contributed by atoms with Crippen LogP contribution in [0.3, 0.4) is 0 Å². The molecule has 0 unspecified atom stereocenters. The molecule has 0 aromatic heterocycles. The Bertz CT molecular complexity index is 1030. The Hall–Kier alpha value is -3.56. The highest BCUT2D eigenvalue weighted by atomic mass is 19.4. The van der Waals surface area contributed by atoms with Gasteiger partial charge in [0.05, 0.1) is 0 Å². The predicted molar refractivity (Wildman–Crippen MR) is 93.2 cm³/mol. The third-order valence-corrected chi connectivity index (χ3v) is 3.56. The van der Waals surface area contributed by atoms with Crippen molar-refractivity contribution in [3.63, 3.8) is 0 Å². The maximum absolute atomic E-state index is 14.3. The molecule has 0 amide bonds. The Morgan fingerprint density at radius 3 is 1.59 bits per heavy atom. The maximum Gasteiger partial charge on any atom is 0.422 e. The van der Waals surface area contributed by atoms with Crippen LogP contribution in [0, 0.1) is 17.5 Å². The second-order valence-corrected chi connectivity index (χ2v) is 5.92. The van der Waals surface area contributed by atoms with E-state index in [-0.39, 0.29) is 22.9 Å². The second-order valence-electron chi connectivity index (χ2n) is 5.92. The summed E-state index contributed by atoms with van der Waals surface area (Å²) < 4.78 is 91.3. The first-order chi connectivity index (χ1) is 13.5. The number of alkyl halides is 3. The number of rotatable bonds is 4. The molecule has 0 atom stereocenters. The van der Waals surface area contributed by atoms with Gasteiger partial charge in [0.25, 0.3) is 0 Å². The Balaban J connectivity index is 2.06. The lowest BCUT2D eigenvalue weighted by molar-refractivity contribution is -0.141. The summed E-state index contributed by atoms with van der Waals surface area (Å²) in [5.74, 6) is -5.33. The molecule has 0 spiro atoms. The monoisotopic (exact) mass is 414 g/mol. The van der Waals surface area contributed by atoms with Gasteiger partial charge in [-0.1, -0.05) is 0 Å². The van der Waals surface area contributed by atoms with Crippen molar-refractivity contribution in [1.82, 2.24) is 0 Å². The van der Waals surface area contributed by atoms with Crippen LogP contribution in [0.4, 0.5) is 37.7 Å². The topological polar surface area (TPSA) is 70.5 Å². The van der Waals surface area contributed by atoms with Crippen LogP contribution in [-0.4, -0.2) is 0 Å². The highest BCUT2D eigenvalue weighted by molar-refractivity contribution is 5.51. The SMILES string of the molecule is Nc1cc(F)cc(Oc2cc(F)c(C(F)(F)F)c(Oc3cc(N)cc(F)c3)c2)c1. The van der Waals surface area contributed by atoms with E-state index in [1.165, 1.54) is 6.07 Å². The van der Waals surface area contributed by atoms with Crippen LogP contribution in [-0.2, 0) is 6.18 Å². The summed E-state index contributed by atoms with van der Waals surface area (Å²) in [6.45, 7) is 0. The molecule has 0 saturated heterocycles. The van der Waals surface area contributed by atoms with E-state index in [0.29, 0.717) is 6.07 Å². The number of halogens is 6. The van der Waals surface area contributed by atoms with Crippen molar-refractivity contribution >= 4 is 11.4 Å². The van der Waals surface area contributed by atoms with E-state index >= 15 is 0 Å². The minimum atomic E-state index is -5.12. The van der Waals surface area contributed by atoms with Crippen molar-refractivity contribution in [2.24, 2.45) is 0 Å². The van der Waals surface area contributed by atoms with Crippen molar-refractivity contribution in [3.8, 4) is 23.0 Å². The van der Waals surface area contributed by atoms with Gasteiger partial charge in [-0.15, -0.1) is 0 Å². The first-order valence-corrected chi connectivity index (χ1v) is 7.90. The van der Waals surface area contributed by atoms with E-state index in [2.05, 4.69) is 0 Å². The lowest BCUT2D eigenvalue weighted by atomic mass is 10.1. The molecule has 0 fully saturated rings. The van der Waals surface area contributed by atoms with Crippen LogP contribution in [0.5, 0.6) is 23.0 Å². The Morgan fingerprint density at radius 2 is 1.10 bits per heavy atom. The minimum absolute atomic E-state index is 0.0147. The molecule has 4 N–H and O–H groups in total. The number of nitrogen functional groups attached to an aromatic ring is 2. The molecule has 3 aromatic carbocycles. The van der Waals surface area contributed by atoms with Crippen LogP contribution in [0.2, 0.25) is 0 Å². The number of nitrogens with two attached hydrogens (primary N) is 2. The number of hydrogen-bond donors (Lipinski definition) is 2. The predicted octanol–water partition coefficient (Wildman–Crippen LogP) is 5.87. The Labute approximate surface area is 160 Å². The molecule has 0 saturated carbocycles. The van der Waals surface area contributed by atoms with Crippen LogP contribution in [0.1, 0.15) is 5.56 Å². The van der Waals surface area contributed by atoms with Crippen LogP contribution < -0.4 is 20.9 Å². The lowest BCUT2D eigenvalue weighted by Crippen LogP contribution is -2.10. The van der Waals surface area contributed by atoms with Gasteiger partial charge in [-0.05, 0) is 12.1 Å². The molecular formula is C19H12F6N2O2. The van der Waals surface area contributed by atoms with E-state index in [0.717, 1.165) is 36.4 Å². The lowest BCUT2D eigenvalue weighted by Gasteiger charge is -2.17. The van der Waals surface area contributed by atoms with Crippen LogP contribution in [0.15, 0.2) is 48.5 Å². The van der Waals surface area contributed by atoms with Gasteiger partial charge in [0.15, 0.2) is 0 Å². The Morgan fingerprint density at radius 1 is 0.621 bits per heavy atom. The zero-order valence-electron chi connectivity index (χ0n) is 14.4. The van der Waals surface area contributed by atoms with Gasteiger partial charge >= 0.3 is 6.18 Å². The zero-order chi connectivity index (χ0) is 21.3. The number of hydrogen-bond acceptors (Lipinski definition) is 4. The molecule has 152 valence electrons. The zero-order valence-corrected chi connectivity index (χ0v) is 14.4. The normalized spacial score (nSPS) is 11.4. The molecular weight excluding hydrogens is 402 g/mol. The minimum Gasteiger partial charge on any atom is -0.457 e. The molecule has 0 aliphatic carbocycles. The molecule has 0 heterocycles. The third kappa shape index (κ3) is 4.84. The quantitative estimate of drug-likeness (QED) is 0.414. The second kappa shape index (κ2) is 7.46. The van der Waals surface area contributed by atoms with E-state index in [1.54, 1.807) is 0 Å². The summed E-state index contributed by atoms with van der Waals surface area (Å²) in [6, 6.07) is 7.02. The summed E-state index contributed by atoms with van der Waals surface area (Å²) >= 11 is 0. The fourth-order valence-corrected chi connectivity index (χ4v) is 2.52. The van der Waals surface area contributed by atoms with Gasteiger partial charge in [-0.3, -0.25) is 0 Å². The van der Waals surface area contributed by atoms with Crippen LogP contribution in [0.25, 0.3) is 0 Å². The van der Waals surface area contributed by atoms with Crippen molar-refractivity contribution in [2.45, 2.75) is 6.18 Å². The molecule has 3 aromatic rings. The van der Waals surface area contributed by atoms with Gasteiger partial charge in [0.1, 0.15) is 46.0 Å². The van der Waals surface area contributed by atoms with Gasteiger partial charge < -0.3 is 20.9 Å². The first-order valence-electron chi connectivity index (χ1n) is 7.90. The molecule has 0 aliphatic heterocycles. The average Bonchev–Trinajstić information content (AvgIpc) is 2.50. The summed E-state index contributed by atoms with van der Waals surface area (Å²) in [5.41, 5.74) is 9.05. The van der Waals surface area contributed by atoms with Gasteiger partial charge in [-0.25, -0.2) is 13.2 Å². The van der Waals surface area contributed by atoms with Gasteiger partial charge in [-0.2, -0.15) is 13.2 Å². The fourth-order valence-electron chi connectivity index (χ4n) is 2.52. The summed E-state index contributed by atoms with van der Waals surface area (Å²) in [7, 11) is 0. The Kier molecular flexibility index (Phi) is 5.19. The van der Waals surface area contributed by atoms with Crippen molar-refractivity contribution in [2.75, 3.05) is 11.5 Å². The summed E-state index contributed by atoms with van der Waals surface area (Å²) in [5, 5.41) is 0. The molecule has 0 aliphatic rings. The maximum atomic E-state index is 14.3. The fraction of sp³-hybridized carbons (Fsp3) is 0.0526. The van der Waals surface area contributed by atoms with Crippen molar-refractivity contribution < 1.29 is 35.8 Å². The smallest absolute Gasteiger partial charge is 0.422 e. The third-order valence-electron chi connectivity index (χ3n) is 3.56. The van der Waals surface area contributed by atoms with E-state index in [4.69, 9.17) is 20.9 Å². The van der Waals surface area contributed by atoms with Crippen molar-refractivity contribution in [3.05, 3.63) is 71.5 Å². The largest absolute Gasteiger partial charge is 0.457 e. The standard InChI is InChI=1S/C19H12F6N2O2/c20-9-1-11(26)5-13(3-9)28-15-7-16(22)18(19(23,24)25)17(8-15)29-14-4-10(21)2-12(27)6-14/h1-8H,26-27H2. The number of benzene rings is 3. The molecule has 3 rings (SSSR count). The molecule has 4 nitrogen and oxygen atoms in total. The number of ether oxygens (including phenoxy) is 2. The van der Waals surface area contributed by atoms with E-state index in [9.17, 15) is 26.3 Å². The average molecular weight is 414 g/mol. The highest BCUT2D eigenvalue weighted by Gasteiger charge is 2.39. The van der Waals surface area contributed by atoms with E-state index in [1.807, 2.05) is 0 Å². The first kappa shape index (κ1) is 20.2. The van der Waals surface area contributed by atoms with Crippen molar-refractivity contribution in [1.29, 1.82) is 0 Å². The number of anilines is 2. The molecule has 0 bridgehead atoms. The molecule has 0 radical (unpaired) electrons. The van der Waals surface area contributed by atoms with E-state index < -0.39 is 40.7 Å². The summed E-state index contributed by atoms with van der Waals surface area (Å²) in [6.07, 6.45) is -5.12.